The number of hydrogen-bond acceptors (Lipinski definition) is 4. The largest absolute Gasteiger partial charge is 0.493 e. The summed E-state index contributed by atoms with van der Waals surface area (Å²) < 4.78 is 42.1. The van der Waals surface area contributed by atoms with Gasteiger partial charge in [0, 0.05) is 26.7 Å². The average Bonchev–Trinajstić information content (AvgIpc) is 2.74. The molecule has 0 aliphatic rings. The summed E-state index contributed by atoms with van der Waals surface area (Å²) >= 11 is 0. The summed E-state index contributed by atoms with van der Waals surface area (Å²) in [6.07, 6.45) is 0.795. The van der Waals surface area contributed by atoms with E-state index in [1.807, 2.05) is 30.1 Å². The Kier molecular flexibility index (Phi) is 11.2. The number of likely N-dealkylation sites (N-methyl/N-ethyl adjacent to an activating group) is 1. The van der Waals surface area contributed by atoms with Gasteiger partial charge < -0.3 is 24.4 Å². The maximum absolute atomic E-state index is 13.2. The number of guanidine groups is 1. The van der Waals surface area contributed by atoms with Crippen LogP contribution in [-0.4, -0.2) is 58.9 Å². The van der Waals surface area contributed by atoms with Gasteiger partial charge in [-0.2, -0.15) is 0 Å². The molecule has 0 radical (unpaired) electrons. The first-order chi connectivity index (χ1) is 14.0. The number of ether oxygens (including phenoxy) is 3. The zero-order valence-electron chi connectivity index (χ0n) is 17.6. The molecule has 0 bridgehead atoms. The quantitative estimate of drug-likeness (QED) is 0.230. The molecule has 2 aromatic rings. The molecule has 30 heavy (non-hydrogen) atoms. The molecule has 2 aromatic carbocycles. The van der Waals surface area contributed by atoms with E-state index < -0.39 is 11.6 Å². The van der Waals surface area contributed by atoms with E-state index in [9.17, 15) is 8.78 Å². The summed E-state index contributed by atoms with van der Waals surface area (Å²) in [6, 6.07) is 9.30. The van der Waals surface area contributed by atoms with E-state index in [1.54, 1.807) is 21.3 Å². The molecule has 2 rings (SSSR count). The second kappa shape index (κ2) is 13.1. The fourth-order valence-corrected chi connectivity index (χ4v) is 2.72. The van der Waals surface area contributed by atoms with Crippen LogP contribution in [0.5, 0.6) is 17.2 Å². The third kappa shape index (κ3) is 7.51. The molecular formula is C21H28F2IN3O3. The molecule has 0 saturated carbocycles. The molecule has 0 spiro atoms. The Morgan fingerprint density at radius 2 is 1.77 bits per heavy atom. The molecular weight excluding hydrogens is 507 g/mol. The first kappa shape index (κ1) is 25.7. The van der Waals surface area contributed by atoms with E-state index >= 15 is 0 Å². The van der Waals surface area contributed by atoms with Crippen LogP contribution in [0.4, 0.5) is 8.78 Å². The van der Waals surface area contributed by atoms with Gasteiger partial charge in [-0.05, 0) is 36.2 Å². The highest BCUT2D eigenvalue weighted by atomic mass is 127. The third-order valence-corrected chi connectivity index (χ3v) is 4.30. The van der Waals surface area contributed by atoms with Crippen molar-refractivity contribution in [2.45, 2.75) is 6.42 Å². The molecule has 0 fully saturated rings. The Morgan fingerprint density at radius 3 is 2.40 bits per heavy atom. The van der Waals surface area contributed by atoms with Gasteiger partial charge in [0.2, 0.25) is 0 Å². The summed E-state index contributed by atoms with van der Waals surface area (Å²) in [5.41, 5.74) is 1.12. The van der Waals surface area contributed by atoms with Crippen LogP contribution >= 0.6 is 24.0 Å². The van der Waals surface area contributed by atoms with Gasteiger partial charge >= 0.3 is 0 Å². The lowest BCUT2D eigenvalue weighted by molar-refractivity contribution is 0.316. The lowest BCUT2D eigenvalue weighted by atomic mass is 10.1. The minimum Gasteiger partial charge on any atom is -0.493 e. The fourth-order valence-electron chi connectivity index (χ4n) is 2.72. The minimum absolute atomic E-state index is 0. The number of hydrogen-bond donors (Lipinski definition) is 1. The lowest BCUT2D eigenvalue weighted by Crippen LogP contribution is -2.41. The minimum atomic E-state index is -0.929. The van der Waals surface area contributed by atoms with Crippen molar-refractivity contribution in [2.24, 2.45) is 4.99 Å². The predicted molar refractivity (Wildman–Crippen MR) is 125 cm³/mol. The number of rotatable bonds is 9. The smallest absolute Gasteiger partial charge is 0.193 e. The van der Waals surface area contributed by atoms with Crippen LogP contribution in [0, 0.1) is 11.6 Å². The van der Waals surface area contributed by atoms with Gasteiger partial charge in [0.05, 0.1) is 20.8 Å². The molecule has 0 saturated heterocycles. The highest BCUT2D eigenvalue weighted by Crippen LogP contribution is 2.27. The van der Waals surface area contributed by atoms with Gasteiger partial charge in [0.1, 0.15) is 12.4 Å². The third-order valence-electron chi connectivity index (χ3n) is 4.30. The Labute approximate surface area is 193 Å². The number of aliphatic imine (C=N–C) groups is 1. The van der Waals surface area contributed by atoms with E-state index in [0.717, 1.165) is 30.7 Å². The van der Waals surface area contributed by atoms with E-state index in [0.29, 0.717) is 24.0 Å². The summed E-state index contributed by atoms with van der Waals surface area (Å²) in [6.45, 7) is 1.49. The highest BCUT2D eigenvalue weighted by molar-refractivity contribution is 14.0. The molecule has 0 unspecified atom stereocenters. The van der Waals surface area contributed by atoms with Crippen LogP contribution in [0.1, 0.15) is 5.56 Å². The van der Waals surface area contributed by atoms with E-state index in [2.05, 4.69) is 10.3 Å². The first-order valence-corrected chi connectivity index (χ1v) is 9.19. The summed E-state index contributed by atoms with van der Waals surface area (Å²) in [7, 11) is 6.86. The highest BCUT2D eigenvalue weighted by Gasteiger charge is 2.09. The molecule has 0 atom stereocenters. The fraction of sp³-hybridized carbons (Fsp3) is 0.381. The van der Waals surface area contributed by atoms with E-state index in [4.69, 9.17) is 14.2 Å². The van der Waals surface area contributed by atoms with Crippen molar-refractivity contribution in [1.29, 1.82) is 0 Å². The maximum atomic E-state index is 13.2. The van der Waals surface area contributed by atoms with Crippen molar-refractivity contribution in [3.05, 3.63) is 53.6 Å². The molecule has 0 aliphatic carbocycles. The molecule has 0 aliphatic heterocycles. The molecule has 0 amide bonds. The zero-order valence-corrected chi connectivity index (χ0v) is 19.9. The SMILES string of the molecule is CN=C(NCCOc1ccc(F)c(F)c1)N(C)CCc1ccc(OC)c(OC)c1.I. The summed E-state index contributed by atoms with van der Waals surface area (Å²) in [5.74, 6) is 0.558. The summed E-state index contributed by atoms with van der Waals surface area (Å²) in [5, 5.41) is 3.18. The second-order valence-electron chi connectivity index (χ2n) is 6.26. The second-order valence-corrected chi connectivity index (χ2v) is 6.26. The van der Waals surface area contributed by atoms with Crippen molar-refractivity contribution in [3.63, 3.8) is 0 Å². The van der Waals surface area contributed by atoms with Gasteiger partial charge in [-0.3, -0.25) is 4.99 Å². The molecule has 1 N–H and O–H groups in total. The Hall–Kier alpha value is -2.30. The van der Waals surface area contributed by atoms with Gasteiger partial charge in [-0.1, -0.05) is 6.07 Å². The number of methoxy groups -OCH3 is 2. The van der Waals surface area contributed by atoms with Gasteiger partial charge in [0.15, 0.2) is 29.1 Å². The molecule has 166 valence electrons. The molecule has 6 nitrogen and oxygen atoms in total. The van der Waals surface area contributed by atoms with Crippen LogP contribution in [0.15, 0.2) is 41.4 Å². The van der Waals surface area contributed by atoms with Crippen molar-refractivity contribution >= 4 is 29.9 Å². The van der Waals surface area contributed by atoms with Crippen LogP contribution in [0.2, 0.25) is 0 Å². The van der Waals surface area contributed by atoms with Crippen molar-refractivity contribution in [2.75, 3.05) is 48.0 Å². The van der Waals surface area contributed by atoms with Crippen LogP contribution in [0.25, 0.3) is 0 Å². The zero-order chi connectivity index (χ0) is 21.2. The number of benzene rings is 2. The van der Waals surface area contributed by atoms with Crippen molar-refractivity contribution in [3.8, 4) is 17.2 Å². The van der Waals surface area contributed by atoms with Gasteiger partial charge in [0.25, 0.3) is 0 Å². The Balaban J connectivity index is 0.00000450. The lowest BCUT2D eigenvalue weighted by Gasteiger charge is -2.22. The molecule has 0 heterocycles. The molecule has 0 aromatic heterocycles. The summed E-state index contributed by atoms with van der Waals surface area (Å²) in [4.78, 5) is 6.25. The monoisotopic (exact) mass is 535 g/mol. The normalized spacial score (nSPS) is 10.8. The van der Waals surface area contributed by atoms with Crippen LogP contribution in [0.3, 0.4) is 0 Å². The van der Waals surface area contributed by atoms with E-state index in [-0.39, 0.29) is 36.3 Å². The number of nitrogens with zero attached hydrogens (tertiary/aromatic N) is 2. The van der Waals surface area contributed by atoms with Crippen molar-refractivity contribution < 1.29 is 23.0 Å². The van der Waals surface area contributed by atoms with Gasteiger partial charge in [-0.25, -0.2) is 8.78 Å². The Bertz CT molecular complexity index is 837. The molecule has 9 heteroatoms. The number of halogens is 3. The first-order valence-electron chi connectivity index (χ1n) is 9.19. The number of nitrogens with one attached hydrogen (secondary N) is 1. The van der Waals surface area contributed by atoms with Crippen molar-refractivity contribution in [1.82, 2.24) is 10.2 Å². The standard InChI is InChI=1S/C21H27F2N3O3.HI/c1-24-21(25-10-12-29-16-6-7-17(22)18(23)14-16)26(2)11-9-15-5-8-19(27-3)20(13-15)28-4;/h5-8,13-14H,9-12H2,1-4H3,(H,24,25);1H. The topological polar surface area (TPSA) is 55.3 Å². The maximum Gasteiger partial charge on any atom is 0.193 e. The van der Waals surface area contributed by atoms with E-state index in [1.165, 1.54) is 6.07 Å². The van der Waals surface area contributed by atoms with Crippen LogP contribution < -0.4 is 19.5 Å². The Morgan fingerprint density at radius 1 is 1.03 bits per heavy atom. The van der Waals surface area contributed by atoms with Gasteiger partial charge in [-0.15, -0.1) is 24.0 Å². The predicted octanol–water partition coefficient (Wildman–Crippen LogP) is 3.73. The average molecular weight is 535 g/mol. The van der Waals surface area contributed by atoms with Crippen LogP contribution in [-0.2, 0) is 6.42 Å².